The molecule has 8 heteroatoms. The van der Waals surface area contributed by atoms with E-state index >= 15 is 0 Å². The lowest BCUT2D eigenvalue weighted by atomic mass is 9.99. The Hall–Kier alpha value is -3.10. The Morgan fingerprint density at radius 3 is 1.42 bits per heavy atom. The SMILES string of the molecule is Cc1cc(C)c(O)c(C(NCCCNC(C(=O)O)c2cc(C)cc(C)c2O)C(=O)O)c1. The second-order valence-corrected chi connectivity index (χ2v) is 7.84. The van der Waals surface area contributed by atoms with Crippen molar-refractivity contribution in [1.82, 2.24) is 10.6 Å². The van der Waals surface area contributed by atoms with Crippen LogP contribution in [0.1, 0.15) is 51.9 Å². The predicted octanol–water partition coefficient (Wildman–Crippen LogP) is 2.85. The van der Waals surface area contributed by atoms with Gasteiger partial charge in [0.2, 0.25) is 0 Å². The highest BCUT2D eigenvalue weighted by atomic mass is 16.4. The first-order valence-corrected chi connectivity index (χ1v) is 10.1. The van der Waals surface area contributed by atoms with Crippen LogP contribution in [0.2, 0.25) is 0 Å². The van der Waals surface area contributed by atoms with Crippen molar-refractivity contribution in [2.75, 3.05) is 13.1 Å². The number of carboxylic acids is 2. The molecular weight excluding hydrogens is 400 g/mol. The predicted molar refractivity (Wildman–Crippen MR) is 117 cm³/mol. The number of rotatable bonds is 10. The van der Waals surface area contributed by atoms with E-state index in [2.05, 4.69) is 10.6 Å². The van der Waals surface area contributed by atoms with Gasteiger partial charge in [-0.3, -0.25) is 9.59 Å². The Morgan fingerprint density at radius 2 is 1.10 bits per heavy atom. The van der Waals surface area contributed by atoms with Gasteiger partial charge in [0.1, 0.15) is 23.6 Å². The summed E-state index contributed by atoms with van der Waals surface area (Å²) in [6.45, 7) is 7.63. The molecule has 0 fully saturated rings. The van der Waals surface area contributed by atoms with Crippen LogP contribution in [0, 0.1) is 27.7 Å². The summed E-state index contributed by atoms with van der Waals surface area (Å²) >= 11 is 0. The number of aryl methyl sites for hydroxylation is 4. The highest BCUT2D eigenvalue weighted by molar-refractivity contribution is 5.77. The topological polar surface area (TPSA) is 139 Å². The molecule has 0 radical (unpaired) electrons. The van der Waals surface area contributed by atoms with Crippen molar-refractivity contribution >= 4 is 11.9 Å². The maximum absolute atomic E-state index is 11.7. The molecule has 0 aliphatic carbocycles. The molecule has 0 bridgehead atoms. The van der Waals surface area contributed by atoms with E-state index < -0.39 is 24.0 Å². The van der Waals surface area contributed by atoms with Crippen molar-refractivity contribution in [3.63, 3.8) is 0 Å². The molecule has 2 unspecified atom stereocenters. The number of benzene rings is 2. The zero-order valence-electron chi connectivity index (χ0n) is 18.2. The second-order valence-electron chi connectivity index (χ2n) is 7.84. The molecule has 0 aromatic heterocycles. The van der Waals surface area contributed by atoms with Crippen molar-refractivity contribution in [1.29, 1.82) is 0 Å². The van der Waals surface area contributed by atoms with E-state index in [1.54, 1.807) is 38.1 Å². The molecule has 0 saturated heterocycles. The highest BCUT2D eigenvalue weighted by Crippen LogP contribution is 2.30. The molecule has 0 aliphatic heterocycles. The van der Waals surface area contributed by atoms with Crippen LogP contribution in [0.4, 0.5) is 0 Å². The number of carbonyl (C=O) groups is 2. The molecule has 8 nitrogen and oxygen atoms in total. The molecule has 168 valence electrons. The number of aromatic hydroxyl groups is 2. The van der Waals surface area contributed by atoms with Gasteiger partial charge in [-0.15, -0.1) is 0 Å². The van der Waals surface area contributed by atoms with Gasteiger partial charge in [-0.05, 0) is 58.3 Å². The van der Waals surface area contributed by atoms with Crippen molar-refractivity contribution in [3.05, 3.63) is 57.6 Å². The monoisotopic (exact) mass is 430 g/mol. The summed E-state index contributed by atoms with van der Waals surface area (Å²) in [5.74, 6) is -2.34. The normalized spacial score (nSPS) is 13.0. The fourth-order valence-corrected chi connectivity index (χ4v) is 3.67. The van der Waals surface area contributed by atoms with Gasteiger partial charge in [-0.1, -0.05) is 35.4 Å². The lowest BCUT2D eigenvalue weighted by Crippen LogP contribution is -2.33. The third-order valence-electron chi connectivity index (χ3n) is 5.12. The third-order valence-corrected chi connectivity index (χ3v) is 5.12. The number of carboxylic acid groups (broad SMARTS) is 2. The maximum atomic E-state index is 11.7. The van der Waals surface area contributed by atoms with Gasteiger partial charge in [-0.2, -0.15) is 0 Å². The van der Waals surface area contributed by atoms with Crippen molar-refractivity contribution in [3.8, 4) is 11.5 Å². The largest absolute Gasteiger partial charge is 0.507 e. The molecule has 0 heterocycles. The van der Waals surface area contributed by atoms with Crippen LogP contribution in [0.5, 0.6) is 11.5 Å². The number of hydrogen-bond donors (Lipinski definition) is 6. The Balaban J connectivity index is 2.02. The van der Waals surface area contributed by atoms with Gasteiger partial charge in [0, 0.05) is 11.1 Å². The second kappa shape index (κ2) is 10.3. The van der Waals surface area contributed by atoms with Crippen LogP contribution < -0.4 is 10.6 Å². The van der Waals surface area contributed by atoms with Crippen molar-refractivity contribution < 1.29 is 30.0 Å². The Labute approximate surface area is 181 Å². The van der Waals surface area contributed by atoms with Crippen LogP contribution >= 0.6 is 0 Å². The fourth-order valence-electron chi connectivity index (χ4n) is 3.67. The van der Waals surface area contributed by atoms with Gasteiger partial charge in [0.05, 0.1) is 0 Å². The average molecular weight is 431 g/mol. The van der Waals surface area contributed by atoms with E-state index in [1.165, 1.54) is 0 Å². The van der Waals surface area contributed by atoms with Crippen LogP contribution in [0.3, 0.4) is 0 Å². The van der Waals surface area contributed by atoms with Crippen LogP contribution in [-0.4, -0.2) is 45.5 Å². The van der Waals surface area contributed by atoms with E-state index in [0.29, 0.717) is 28.7 Å². The van der Waals surface area contributed by atoms with Gasteiger partial charge in [0.25, 0.3) is 0 Å². The van der Waals surface area contributed by atoms with Crippen molar-refractivity contribution in [2.24, 2.45) is 0 Å². The molecular formula is C23H30N2O6. The van der Waals surface area contributed by atoms with Gasteiger partial charge in [0.15, 0.2) is 0 Å². The molecule has 2 rings (SSSR count). The molecule has 2 aromatic carbocycles. The quantitative estimate of drug-likeness (QED) is 0.316. The standard InChI is InChI=1S/C23H30N2O6/c1-12-8-14(3)20(26)16(10-12)18(22(28)29)24-6-5-7-25-19(23(30)31)17-11-13(2)9-15(4)21(17)27/h8-11,18-19,24-27H,5-7H2,1-4H3,(H,28,29)(H,30,31). The lowest BCUT2D eigenvalue weighted by Gasteiger charge is -2.20. The average Bonchev–Trinajstić information content (AvgIpc) is 2.67. The van der Waals surface area contributed by atoms with Crippen LogP contribution in [0.25, 0.3) is 0 Å². The number of hydrogen-bond acceptors (Lipinski definition) is 6. The number of aliphatic carboxylic acids is 2. The summed E-state index contributed by atoms with van der Waals surface area (Å²) in [4.78, 5) is 23.5. The molecule has 0 aliphatic rings. The minimum atomic E-state index is -1.11. The first kappa shape index (κ1) is 24.2. The Bertz CT molecular complexity index is 896. The summed E-state index contributed by atoms with van der Waals surface area (Å²) in [7, 11) is 0. The molecule has 2 aromatic rings. The molecule has 0 amide bonds. The van der Waals surface area contributed by atoms with Gasteiger partial charge >= 0.3 is 11.9 Å². The van der Waals surface area contributed by atoms with Crippen LogP contribution in [-0.2, 0) is 9.59 Å². The molecule has 6 N–H and O–H groups in total. The van der Waals surface area contributed by atoms with E-state index in [9.17, 15) is 30.0 Å². The van der Waals surface area contributed by atoms with E-state index in [-0.39, 0.29) is 24.6 Å². The fraction of sp³-hybridized carbons (Fsp3) is 0.391. The Kier molecular flexibility index (Phi) is 8.01. The minimum absolute atomic E-state index is 0.0557. The third kappa shape index (κ3) is 5.96. The van der Waals surface area contributed by atoms with Crippen molar-refractivity contribution in [2.45, 2.75) is 46.2 Å². The summed E-state index contributed by atoms with van der Waals surface area (Å²) in [6, 6.07) is 4.65. The van der Waals surface area contributed by atoms with E-state index in [0.717, 1.165) is 11.1 Å². The number of phenolic OH excluding ortho intramolecular Hbond substituents is 2. The van der Waals surface area contributed by atoms with Gasteiger partial charge < -0.3 is 31.1 Å². The molecule has 0 spiro atoms. The number of nitrogens with one attached hydrogen (secondary N) is 2. The summed E-state index contributed by atoms with van der Waals surface area (Å²) in [5.41, 5.74) is 3.47. The molecule has 31 heavy (non-hydrogen) atoms. The minimum Gasteiger partial charge on any atom is -0.507 e. The first-order chi connectivity index (χ1) is 14.5. The first-order valence-electron chi connectivity index (χ1n) is 10.1. The lowest BCUT2D eigenvalue weighted by molar-refractivity contribution is -0.140. The summed E-state index contributed by atoms with van der Waals surface area (Å²) in [6.07, 6.45) is 0.435. The zero-order valence-corrected chi connectivity index (χ0v) is 18.2. The summed E-state index contributed by atoms with van der Waals surface area (Å²) in [5, 5.41) is 45.5. The molecule has 0 saturated carbocycles. The Morgan fingerprint density at radius 1 is 0.742 bits per heavy atom. The maximum Gasteiger partial charge on any atom is 0.325 e. The van der Waals surface area contributed by atoms with E-state index in [1.807, 2.05) is 13.8 Å². The number of phenols is 2. The van der Waals surface area contributed by atoms with Crippen LogP contribution in [0.15, 0.2) is 24.3 Å². The summed E-state index contributed by atoms with van der Waals surface area (Å²) < 4.78 is 0. The smallest absolute Gasteiger partial charge is 0.325 e. The molecule has 2 atom stereocenters. The highest BCUT2D eigenvalue weighted by Gasteiger charge is 2.25. The van der Waals surface area contributed by atoms with E-state index in [4.69, 9.17) is 0 Å². The van der Waals surface area contributed by atoms with Gasteiger partial charge in [-0.25, -0.2) is 0 Å². The zero-order chi connectivity index (χ0) is 23.3.